The van der Waals surface area contributed by atoms with Gasteiger partial charge in [0.2, 0.25) is 5.88 Å². The third kappa shape index (κ3) is 3.92. The highest BCUT2D eigenvalue weighted by Crippen LogP contribution is 2.17. The highest BCUT2D eigenvalue weighted by Gasteiger charge is 2.07. The van der Waals surface area contributed by atoms with E-state index in [9.17, 15) is 4.79 Å². The second-order valence-corrected chi connectivity index (χ2v) is 5.07. The Morgan fingerprint density at radius 2 is 2.00 bits per heavy atom. The van der Waals surface area contributed by atoms with Gasteiger partial charge in [0.25, 0.3) is 5.91 Å². The third-order valence-electron chi connectivity index (χ3n) is 3.37. The zero-order valence-corrected chi connectivity index (χ0v) is 13.2. The number of ether oxygens (including phenoxy) is 1. The molecule has 24 heavy (non-hydrogen) atoms. The van der Waals surface area contributed by atoms with Crippen molar-refractivity contribution in [1.29, 1.82) is 0 Å². The molecule has 0 fully saturated rings. The predicted molar refractivity (Wildman–Crippen MR) is 91.2 cm³/mol. The largest absolute Gasteiger partial charge is 0.481 e. The zero-order valence-electron chi connectivity index (χ0n) is 13.2. The standard InChI is InChI=1S/C18H17N3O3/c1-23-17-7-3-6-16(20-17)11-19-14-4-2-5-15(10-14)21-18(22)13-8-9-24-12-13/h2-10,12,19H,11H2,1H3,(H,21,22). The summed E-state index contributed by atoms with van der Waals surface area (Å²) in [5, 5.41) is 6.10. The van der Waals surface area contributed by atoms with Crippen molar-refractivity contribution in [3.05, 3.63) is 72.3 Å². The van der Waals surface area contributed by atoms with Crippen LogP contribution in [-0.4, -0.2) is 18.0 Å². The molecule has 1 amide bonds. The highest BCUT2D eigenvalue weighted by molar-refractivity contribution is 6.04. The van der Waals surface area contributed by atoms with Crippen molar-refractivity contribution in [3.63, 3.8) is 0 Å². The molecule has 3 rings (SSSR count). The van der Waals surface area contributed by atoms with E-state index in [2.05, 4.69) is 15.6 Å². The Morgan fingerprint density at radius 1 is 1.17 bits per heavy atom. The van der Waals surface area contributed by atoms with Gasteiger partial charge in [-0.2, -0.15) is 0 Å². The molecule has 0 radical (unpaired) electrons. The number of pyridine rings is 1. The molecule has 0 unspecified atom stereocenters. The molecule has 0 aliphatic rings. The number of furan rings is 1. The summed E-state index contributed by atoms with van der Waals surface area (Å²) in [7, 11) is 1.59. The molecule has 0 spiro atoms. The van der Waals surface area contributed by atoms with E-state index in [1.54, 1.807) is 19.2 Å². The average Bonchev–Trinajstić information content (AvgIpc) is 3.15. The number of nitrogens with one attached hydrogen (secondary N) is 2. The van der Waals surface area contributed by atoms with Crippen LogP contribution in [0.4, 0.5) is 11.4 Å². The Balaban J connectivity index is 1.63. The van der Waals surface area contributed by atoms with E-state index >= 15 is 0 Å². The fourth-order valence-electron chi connectivity index (χ4n) is 2.17. The number of carbonyl (C=O) groups excluding carboxylic acids is 1. The van der Waals surface area contributed by atoms with Gasteiger partial charge in [-0.1, -0.05) is 12.1 Å². The van der Waals surface area contributed by atoms with Crippen molar-refractivity contribution >= 4 is 17.3 Å². The second-order valence-electron chi connectivity index (χ2n) is 5.07. The summed E-state index contributed by atoms with van der Waals surface area (Å²) >= 11 is 0. The summed E-state index contributed by atoms with van der Waals surface area (Å²) in [6, 6.07) is 14.7. The van der Waals surface area contributed by atoms with Crippen molar-refractivity contribution in [2.24, 2.45) is 0 Å². The molecule has 0 saturated carbocycles. The van der Waals surface area contributed by atoms with Gasteiger partial charge >= 0.3 is 0 Å². The van der Waals surface area contributed by atoms with Gasteiger partial charge in [0, 0.05) is 17.4 Å². The predicted octanol–water partition coefficient (Wildman–Crippen LogP) is 3.55. The molecule has 6 heteroatoms. The van der Waals surface area contributed by atoms with Crippen LogP contribution in [0.25, 0.3) is 0 Å². The Bertz CT molecular complexity index is 816. The highest BCUT2D eigenvalue weighted by atomic mass is 16.5. The quantitative estimate of drug-likeness (QED) is 0.725. The maximum absolute atomic E-state index is 12.0. The van der Waals surface area contributed by atoms with E-state index in [-0.39, 0.29) is 5.91 Å². The normalized spacial score (nSPS) is 10.2. The molecule has 6 nitrogen and oxygen atoms in total. The van der Waals surface area contributed by atoms with Gasteiger partial charge in [-0.25, -0.2) is 4.98 Å². The lowest BCUT2D eigenvalue weighted by atomic mass is 10.2. The van der Waals surface area contributed by atoms with Crippen LogP contribution in [0.3, 0.4) is 0 Å². The van der Waals surface area contributed by atoms with Gasteiger partial charge in [-0.3, -0.25) is 4.79 Å². The maximum atomic E-state index is 12.0. The number of rotatable bonds is 6. The van der Waals surface area contributed by atoms with Crippen molar-refractivity contribution < 1.29 is 13.9 Å². The molecule has 0 aliphatic heterocycles. The number of carbonyl (C=O) groups is 1. The number of hydrogen-bond donors (Lipinski definition) is 2. The minimum atomic E-state index is -0.213. The lowest BCUT2D eigenvalue weighted by molar-refractivity contribution is 0.102. The number of nitrogens with zero attached hydrogens (tertiary/aromatic N) is 1. The number of hydrogen-bond acceptors (Lipinski definition) is 5. The third-order valence-corrected chi connectivity index (χ3v) is 3.37. The van der Waals surface area contributed by atoms with Crippen molar-refractivity contribution in [2.45, 2.75) is 6.54 Å². The molecule has 2 aromatic heterocycles. The molecule has 2 N–H and O–H groups in total. The van der Waals surface area contributed by atoms with Crippen LogP contribution in [0, 0.1) is 0 Å². The molecule has 0 bridgehead atoms. The summed E-state index contributed by atoms with van der Waals surface area (Å²) < 4.78 is 10.0. The first-order chi connectivity index (χ1) is 11.7. The van der Waals surface area contributed by atoms with Crippen LogP contribution in [0.1, 0.15) is 16.1 Å². The van der Waals surface area contributed by atoms with Crippen LogP contribution in [0.15, 0.2) is 65.5 Å². The topological polar surface area (TPSA) is 76.4 Å². The van der Waals surface area contributed by atoms with Crippen LogP contribution >= 0.6 is 0 Å². The van der Waals surface area contributed by atoms with Gasteiger partial charge in [0.05, 0.1) is 31.2 Å². The van der Waals surface area contributed by atoms with Gasteiger partial charge in [0.1, 0.15) is 6.26 Å². The number of anilines is 2. The first kappa shape index (κ1) is 15.6. The summed E-state index contributed by atoms with van der Waals surface area (Å²) in [5.41, 5.74) is 2.92. The fraction of sp³-hybridized carbons (Fsp3) is 0.111. The molecule has 122 valence electrons. The molecular weight excluding hydrogens is 306 g/mol. The molecular formula is C18H17N3O3. The van der Waals surface area contributed by atoms with Crippen molar-refractivity contribution in [1.82, 2.24) is 4.98 Å². The van der Waals surface area contributed by atoms with Crippen LogP contribution in [0.5, 0.6) is 5.88 Å². The van der Waals surface area contributed by atoms with Gasteiger partial charge in [-0.05, 0) is 30.3 Å². The smallest absolute Gasteiger partial charge is 0.258 e. The monoisotopic (exact) mass is 323 g/mol. The van der Waals surface area contributed by atoms with E-state index in [0.717, 1.165) is 11.4 Å². The van der Waals surface area contributed by atoms with Gasteiger partial charge in [-0.15, -0.1) is 0 Å². The number of methoxy groups -OCH3 is 1. The first-order valence-electron chi connectivity index (χ1n) is 7.42. The lowest BCUT2D eigenvalue weighted by Crippen LogP contribution is -2.11. The van der Waals surface area contributed by atoms with E-state index in [0.29, 0.717) is 23.7 Å². The minimum Gasteiger partial charge on any atom is -0.481 e. The summed E-state index contributed by atoms with van der Waals surface area (Å²) in [6.07, 6.45) is 2.87. The van der Waals surface area contributed by atoms with E-state index < -0.39 is 0 Å². The molecule has 0 aliphatic carbocycles. The molecule has 0 atom stereocenters. The molecule has 3 aromatic rings. The van der Waals surface area contributed by atoms with Crippen LogP contribution < -0.4 is 15.4 Å². The molecule has 1 aromatic carbocycles. The van der Waals surface area contributed by atoms with E-state index in [4.69, 9.17) is 9.15 Å². The fourth-order valence-corrected chi connectivity index (χ4v) is 2.17. The number of benzene rings is 1. The Morgan fingerprint density at radius 3 is 2.79 bits per heavy atom. The van der Waals surface area contributed by atoms with Crippen molar-refractivity contribution in [2.75, 3.05) is 17.7 Å². The maximum Gasteiger partial charge on any atom is 0.258 e. The summed E-state index contributed by atoms with van der Waals surface area (Å²) in [6.45, 7) is 0.552. The zero-order chi connectivity index (χ0) is 16.8. The van der Waals surface area contributed by atoms with E-state index in [1.165, 1.54) is 12.5 Å². The number of amides is 1. The van der Waals surface area contributed by atoms with Crippen LogP contribution in [-0.2, 0) is 6.54 Å². The summed E-state index contributed by atoms with van der Waals surface area (Å²) in [5.74, 6) is 0.366. The Kier molecular flexibility index (Phi) is 4.76. The second kappa shape index (κ2) is 7.32. The molecule has 2 heterocycles. The van der Waals surface area contributed by atoms with Gasteiger partial charge in [0.15, 0.2) is 0 Å². The summed E-state index contributed by atoms with van der Waals surface area (Å²) in [4.78, 5) is 16.4. The lowest BCUT2D eigenvalue weighted by Gasteiger charge is -2.09. The molecule has 0 saturated heterocycles. The Hall–Kier alpha value is -3.28. The first-order valence-corrected chi connectivity index (χ1v) is 7.42. The average molecular weight is 323 g/mol. The Labute approximate surface area is 139 Å². The number of aromatic nitrogens is 1. The SMILES string of the molecule is COc1cccc(CNc2cccc(NC(=O)c3ccoc3)c2)n1. The minimum absolute atomic E-state index is 0.213. The van der Waals surface area contributed by atoms with E-state index in [1.807, 2.05) is 36.4 Å². The van der Waals surface area contributed by atoms with Gasteiger partial charge < -0.3 is 19.8 Å². The van der Waals surface area contributed by atoms with Crippen molar-refractivity contribution in [3.8, 4) is 5.88 Å². The van der Waals surface area contributed by atoms with Crippen LogP contribution in [0.2, 0.25) is 0 Å².